The van der Waals surface area contributed by atoms with Gasteiger partial charge in [-0.3, -0.25) is 0 Å². The van der Waals surface area contributed by atoms with Crippen LogP contribution in [-0.4, -0.2) is 25.3 Å². The van der Waals surface area contributed by atoms with Crippen molar-refractivity contribution >= 4 is 101 Å². The Morgan fingerprint density at radius 2 is 0.750 bits per heavy atom. The lowest BCUT2D eigenvalue weighted by atomic mass is 9.98. The van der Waals surface area contributed by atoms with Crippen LogP contribution in [0.2, 0.25) is 0 Å². The molecule has 2 nitrogen and oxygen atoms in total. The summed E-state index contributed by atoms with van der Waals surface area (Å²) in [6, 6.07) is 114. The Labute approximate surface area is 444 Å². The minimum Gasteiger partial charge on any atom is -0.309 e. The number of hydrogen-bond acceptors (Lipinski definition) is 0. The van der Waals surface area contributed by atoms with Crippen LogP contribution in [-0.2, 0) is 0 Å². The molecule has 4 heteroatoms. The molecule has 0 unspecified atom stereocenters. The van der Waals surface area contributed by atoms with Crippen LogP contribution in [0.1, 0.15) is 0 Å². The van der Waals surface area contributed by atoms with Gasteiger partial charge in [0.15, 0.2) is 16.1 Å². The second kappa shape index (κ2) is 17.7. The van der Waals surface area contributed by atoms with E-state index in [2.05, 4.69) is 312 Å². The molecule has 0 amide bonds. The molecule has 2 aromatic heterocycles. The first kappa shape index (κ1) is 44.2. The molecule has 0 fully saturated rings. The first-order chi connectivity index (χ1) is 37.7. The number of rotatable bonds is 9. The van der Waals surface area contributed by atoms with Gasteiger partial charge in [-0.2, -0.15) is 0 Å². The Balaban J connectivity index is 0.909. The van der Waals surface area contributed by atoms with Crippen LogP contribution in [0.15, 0.2) is 303 Å². The SMILES string of the molecule is c1ccc([Si](c2ccccc2)(c2ccccc2)c2cccc(-n3c4ccccc4c4c(-n5c6ccccc6c6cc(-c7ccc8c(c7)-c7ccccc7[Si]8(c7ccccc7)c7ccccc7)ccc65)cccc43)c2)cc1. The monoisotopic (exact) mass is 998 g/mol. The quantitative estimate of drug-likeness (QED) is 0.101. The molecule has 0 spiro atoms. The van der Waals surface area contributed by atoms with E-state index in [4.69, 9.17) is 0 Å². The first-order valence-electron chi connectivity index (χ1n) is 26.4. The van der Waals surface area contributed by atoms with E-state index in [0.717, 1.165) is 5.69 Å². The van der Waals surface area contributed by atoms with Crippen molar-refractivity contribution in [2.24, 2.45) is 0 Å². The van der Waals surface area contributed by atoms with Crippen LogP contribution >= 0.6 is 0 Å². The lowest BCUT2D eigenvalue weighted by molar-refractivity contribution is 1.17. The predicted molar refractivity (Wildman–Crippen MR) is 327 cm³/mol. The van der Waals surface area contributed by atoms with Gasteiger partial charge < -0.3 is 9.13 Å². The number of para-hydroxylation sites is 2. The van der Waals surface area contributed by atoms with Crippen molar-refractivity contribution in [1.82, 2.24) is 9.13 Å². The van der Waals surface area contributed by atoms with Gasteiger partial charge in [-0.05, 0) is 118 Å². The summed E-state index contributed by atoms with van der Waals surface area (Å²) in [5.74, 6) is 0. The highest BCUT2D eigenvalue weighted by Crippen LogP contribution is 2.41. The molecule has 3 heterocycles. The van der Waals surface area contributed by atoms with Crippen LogP contribution in [0.3, 0.4) is 0 Å². The number of nitrogens with zero attached hydrogens (tertiary/aromatic N) is 2. The maximum absolute atomic E-state index is 2.80. The van der Waals surface area contributed by atoms with E-state index in [1.807, 2.05) is 0 Å². The van der Waals surface area contributed by atoms with Gasteiger partial charge in [0.25, 0.3) is 0 Å². The highest BCUT2D eigenvalue weighted by Gasteiger charge is 2.48. The number of benzene rings is 12. The largest absolute Gasteiger partial charge is 0.309 e. The van der Waals surface area contributed by atoms with Gasteiger partial charge in [0, 0.05) is 27.2 Å². The summed E-state index contributed by atoms with van der Waals surface area (Å²) in [6.45, 7) is 0. The van der Waals surface area contributed by atoms with Gasteiger partial charge in [0.05, 0.1) is 27.8 Å². The molecule has 0 bridgehead atoms. The summed E-state index contributed by atoms with van der Waals surface area (Å²) in [6.07, 6.45) is 0. The van der Waals surface area contributed by atoms with Crippen LogP contribution in [0.5, 0.6) is 0 Å². The standard InChI is InChI=1S/C72H50N2Si2/c1-6-25-54(26-7-1)75(55-27-8-2-9-28-55,56-29-10-3-11-30-56)59-35-22-24-53(50-59)73-66-40-20-17-38-62(66)72-68(73)41-23-42-69(72)74-65-39-19-16-36-60(65)63-48-51(44-46-67(63)74)52-45-47-71-64(49-52)61-37-18-21-43-70(61)76(71,57-31-12-4-13-32-57)58-33-14-5-15-34-58/h1-50H. The van der Waals surface area contributed by atoms with Gasteiger partial charge in [-0.25, -0.2) is 0 Å². The van der Waals surface area contributed by atoms with E-state index >= 15 is 0 Å². The average Bonchev–Trinajstić information content (AvgIpc) is 4.27. The van der Waals surface area contributed by atoms with E-state index in [9.17, 15) is 0 Å². The molecular weight excluding hydrogens is 949 g/mol. The molecular formula is C72H50N2Si2. The molecule has 14 aromatic rings. The molecule has 1 aliphatic heterocycles. The maximum Gasteiger partial charge on any atom is 0.180 e. The van der Waals surface area contributed by atoms with Gasteiger partial charge in [0.2, 0.25) is 0 Å². The van der Waals surface area contributed by atoms with Crippen molar-refractivity contribution in [1.29, 1.82) is 0 Å². The summed E-state index contributed by atoms with van der Waals surface area (Å²) < 4.78 is 5.02. The van der Waals surface area contributed by atoms with Gasteiger partial charge in [-0.15, -0.1) is 0 Å². The van der Waals surface area contributed by atoms with E-state index in [0.29, 0.717) is 0 Å². The smallest absolute Gasteiger partial charge is 0.180 e. The Morgan fingerprint density at radius 3 is 1.41 bits per heavy atom. The predicted octanol–water partition coefficient (Wildman–Crippen LogP) is 12.3. The third-order valence-electron chi connectivity index (χ3n) is 16.5. The van der Waals surface area contributed by atoms with Crippen molar-refractivity contribution in [2.45, 2.75) is 0 Å². The van der Waals surface area contributed by atoms with E-state index < -0.39 is 16.1 Å². The van der Waals surface area contributed by atoms with Crippen molar-refractivity contribution in [3.63, 3.8) is 0 Å². The minimum atomic E-state index is -2.80. The van der Waals surface area contributed by atoms with Crippen molar-refractivity contribution in [3.05, 3.63) is 303 Å². The Kier molecular flexibility index (Phi) is 10.3. The van der Waals surface area contributed by atoms with Crippen LogP contribution in [0.25, 0.3) is 77.2 Å². The van der Waals surface area contributed by atoms with E-state index in [1.165, 1.54) is 113 Å². The van der Waals surface area contributed by atoms with Gasteiger partial charge >= 0.3 is 0 Å². The fourth-order valence-corrected chi connectivity index (χ4v) is 23.4. The molecule has 1 aliphatic rings. The Bertz CT molecular complexity index is 4370. The summed E-state index contributed by atoms with van der Waals surface area (Å²) in [4.78, 5) is 0. The second-order valence-corrected chi connectivity index (χ2v) is 27.8. The van der Waals surface area contributed by atoms with Crippen molar-refractivity contribution in [3.8, 4) is 33.6 Å². The summed E-state index contributed by atoms with van der Waals surface area (Å²) >= 11 is 0. The molecule has 76 heavy (non-hydrogen) atoms. The number of hydrogen-bond donors (Lipinski definition) is 0. The molecule has 0 aliphatic carbocycles. The lowest BCUT2D eigenvalue weighted by Gasteiger charge is -2.34. The highest BCUT2D eigenvalue weighted by molar-refractivity contribution is 7.22. The Hall–Kier alpha value is -9.33. The molecule has 0 saturated carbocycles. The van der Waals surface area contributed by atoms with Gasteiger partial charge in [0.1, 0.15) is 0 Å². The lowest BCUT2D eigenvalue weighted by Crippen LogP contribution is -2.74. The van der Waals surface area contributed by atoms with Crippen LogP contribution in [0, 0.1) is 0 Å². The topological polar surface area (TPSA) is 9.86 Å². The average molecular weight is 999 g/mol. The molecule has 0 saturated heterocycles. The third kappa shape index (κ3) is 6.45. The maximum atomic E-state index is 2.51. The second-order valence-electron chi connectivity index (χ2n) is 20.3. The third-order valence-corrected chi connectivity index (χ3v) is 26.2. The summed E-state index contributed by atoms with van der Waals surface area (Å²) in [5, 5.41) is 16.1. The molecule has 0 N–H and O–H groups in total. The van der Waals surface area contributed by atoms with E-state index in [-0.39, 0.29) is 0 Å². The van der Waals surface area contributed by atoms with E-state index in [1.54, 1.807) is 0 Å². The zero-order valence-corrected chi connectivity index (χ0v) is 43.8. The fourth-order valence-electron chi connectivity index (χ4n) is 13.4. The van der Waals surface area contributed by atoms with Crippen molar-refractivity contribution < 1.29 is 0 Å². The number of fused-ring (bicyclic) bond motifs is 9. The zero-order chi connectivity index (χ0) is 50.2. The van der Waals surface area contributed by atoms with Crippen LogP contribution in [0.4, 0.5) is 0 Å². The zero-order valence-electron chi connectivity index (χ0n) is 41.8. The molecule has 15 rings (SSSR count). The molecule has 0 atom stereocenters. The first-order valence-corrected chi connectivity index (χ1v) is 30.4. The van der Waals surface area contributed by atoms with Crippen LogP contribution < -0.4 is 41.5 Å². The fraction of sp³-hybridized carbons (Fsp3) is 0. The minimum absolute atomic E-state index is 1.15. The molecule has 12 aromatic carbocycles. The summed E-state index contributed by atoms with van der Waals surface area (Å²) in [7, 11) is -5.38. The Morgan fingerprint density at radius 1 is 0.276 bits per heavy atom. The molecule has 356 valence electrons. The van der Waals surface area contributed by atoms with Gasteiger partial charge in [-0.1, -0.05) is 249 Å². The summed E-state index contributed by atoms with van der Waals surface area (Å²) in [5.41, 5.74) is 12.2. The molecule has 0 radical (unpaired) electrons. The number of aromatic nitrogens is 2. The van der Waals surface area contributed by atoms with Crippen molar-refractivity contribution in [2.75, 3.05) is 0 Å². The highest BCUT2D eigenvalue weighted by atomic mass is 28.3. The normalized spacial score (nSPS) is 12.8.